The predicted molar refractivity (Wildman–Crippen MR) is 95.7 cm³/mol. The number of benzene rings is 2. The van der Waals surface area contributed by atoms with Crippen molar-refractivity contribution in [2.75, 3.05) is 10.6 Å². The Bertz CT molecular complexity index is 583. The standard InChI is InChI=1S/C16H15BrINO/c17-10-2-4-12-3-1-5-15(11-12)19-16(20)13-6-8-14(18)9-7-13/h1,3,5-9,11H,2,4,10H2,(H,19,20). The SMILES string of the molecule is O=C(Nc1cccc(CCCBr)c1)c1ccc(I)cc1. The highest BCUT2D eigenvalue weighted by Crippen LogP contribution is 2.15. The molecule has 0 fully saturated rings. The molecule has 0 spiro atoms. The Morgan fingerprint density at radius 1 is 1.15 bits per heavy atom. The second-order valence-corrected chi connectivity index (χ2v) is 6.49. The maximum absolute atomic E-state index is 12.1. The Morgan fingerprint density at radius 3 is 2.60 bits per heavy atom. The van der Waals surface area contributed by atoms with Crippen LogP contribution in [-0.4, -0.2) is 11.2 Å². The molecule has 0 aliphatic carbocycles. The molecule has 0 aromatic heterocycles. The average molecular weight is 444 g/mol. The Balaban J connectivity index is 2.05. The summed E-state index contributed by atoms with van der Waals surface area (Å²) in [6.07, 6.45) is 2.10. The van der Waals surface area contributed by atoms with Gasteiger partial charge < -0.3 is 5.32 Å². The second kappa shape index (κ2) is 7.78. The minimum absolute atomic E-state index is 0.0703. The lowest BCUT2D eigenvalue weighted by atomic mass is 10.1. The fourth-order valence-corrected chi connectivity index (χ4v) is 2.52. The van der Waals surface area contributed by atoms with E-state index in [4.69, 9.17) is 0 Å². The molecule has 2 aromatic carbocycles. The van der Waals surface area contributed by atoms with E-state index in [-0.39, 0.29) is 5.91 Å². The lowest BCUT2D eigenvalue weighted by Gasteiger charge is -2.07. The van der Waals surface area contributed by atoms with E-state index in [2.05, 4.69) is 49.9 Å². The summed E-state index contributed by atoms with van der Waals surface area (Å²) in [5, 5.41) is 3.93. The highest BCUT2D eigenvalue weighted by molar-refractivity contribution is 14.1. The number of halogens is 2. The quantitative estimate of drug-likeness (QED) is 0.518. The zero-order chi connectivity index (χ0) is 14.4. The first-order valence-corrected chi connectivity index (χ1v) is 8.61. The molecule has 0 aliphatic heterocycles. The number of hydrogen-bond acceptors (Lipinski definition) is 1. The smallest absolute Gasteiger partial charge is 0.255 e. The average Bonchev–Trinajstić information content (AvgIpc) is 2.46. The molecule has 104 valence electrons. The van der Waals surface area contributed by atoms with Gasteiger partial charge in [-0.2, -0.15) is 0 Å². The van der Waals surface area contributed by atoms with Crippen LogP contribution >= 0.6 is 38.5 Å². The van der Waals surface area contributed by atoms with Crippen LogP contribution in [0.3, 0.4) is 0 Å². The molecule has 0 aliphatic rings. The maximum Gasteiger partial charge on any atom is 0.255 e. The van der Waals surface area contributed by atoms with Gasteiger partial charge in [0, 0.05) is 20.2 Å². The van der Waals surface area contributed by atoms with E-state index in [1.807, 2.05) is 42.5 Å². The Morgan fingerprint density at radius 2 is 1.90 bits per heavy atom. The van der Waals surface area contributed by atoms with Gasteiger partial charge in [-0.3, -0.25) is 4.79 Å². The van der Waals surface area contributed by atoms with Crippen LogP contribution in [0.1, 0.15) is 22.3 Å². The van der Waals surface area contributed by atoms with E-state index in [9.17, 15) is 4.79 Å². The number of anilines is 1. The highest BCUT2D eigenvalue weighted by Gasteiger charge is 2.06. The van der Waals surface area contributed by atoms with Crippen molar-refractivity contribution in [3.63, 3.8) is 0 Å². The fraction of sp³-hybridized carbons (Fsp3) is 0.188. The van der Waals surface area contributed by atoms with E-state index in [1.165, 1.54) is 5.56 Å². The van der Waals surface area contributed by atoms with E-state index in [0.29, 0.717) is 5.56 Å². The number of hydrogen-bond donors (Lipinski definition) is 1. The van der Waals surface area contributed by atoms with Crippen molar-refractivity contribution in [1.29, 1.82) is 0 Å². The number of carbonyl (C=O) groups is 1. The van der Waals surface area contributed by atoms with Gasteiger partial charge in [0.15, 0.2) is 0 Å². The molecule has 0 radical (unpaired) electrons. The van der Waals surface area contributed by atoms with E-state index < -0.39 is 0 Å². The summed E-state index contributed by atoms with van der Waals surface area (Å²) in [6.45, 7) is 0. The topological polar surface area (TPSA) is 29.1 Å². The van der Waals surface area contributed by atoms with Crippen LogP contribution in [0.4, 0.5) is 5.69 Å². The van der Waals surface area contributed by atoms with Crippen LogP contribution < -0.4 is 5.32 Å². The molecule has 20 heavy (non-hydrogen) atoms. The van der Waals surface area contributed by atoms with Gasteiger partial charge in [0.1, 0.15) is 0 Å². The van der Waals surface area contributed by atoms with Crippen molar-refractivity contribution in [1.82, 2.24) is 0 Å². The summed E-state index contributed by atoms with van der Waals surface area (Å²) in [6, 6.07) is 15.6. The molecule has 4 heteroatoms. The lowest BCUT2D eigenvalue weighted by molar-refractivity contribution is 0.102. The number of amides is 1. The molecular formula is C16H15BrINO. The van der Waals surface area contributed by atoms with Crippen LogP contribution in [0.15, 0.2) is 48.5 Å². The minimum Gasteiger partial charge on any atom is -0.322 e. The number of alkyl halides is 1. The summed E-state index contributed by atoms with van der Waals surface area (Å²) in [5.41, 5.74) is 2.77. The molecule has 0 bridgehead atoms. The van der Waals surface area contributed by atoms with Gasteiger partial charge in [-0.15, -0.1) is 0 Å². The van der Waals surface area contributed by atoms with Gasteiger partial charge in [-0.1, -0.05) is 28.1 Å². The van der Waals surface area contributed by atoms with Gasteiger partial charge in [0.25, 0.3) is 5.91 Å². The molecule has 0 unspecified atom stereocenters. The summed E-state index contributed by atoms with van der Waals surface area (Å²) in [5.74, 6) is -0.0703. The largest absolute Gasteiger partial charge is 0.322 e. The Labute approximate surface area is 141 Å². The third-order valence-corrected chi connectivity index (χ3v) is 4.17. The molecule has 0 atom stereocenters. The molecule has 0 saturated carbocycles. The molecule has 2 nitrogen and oxygen atoms in total. The molecule has 1 N–H and O–H groups in total. The fourth-order valence-electron chi connectivity index (χ4n) is 1.88. The minimum atomic E-state index is -0.0703. The van der Waals surface area contributed by atoms with Gasteiger partial charge in [-0.25, -0.2) is 0 Å². The van der Waals surface area contributed by atoms with Crippen LogP contribution in [0, 0.1) is 3.57 Å². The van der Waals surface area contributed by atoms with E-state index in [0.717, 1.165) is 27.4 Å². The normalized spacial score (nSPS) is 10.3. The third kappa shape index (κ3) is 4.59. The van der Waals surface area contributed by atoms with Crippen molar-refractivity contribution >= 4 is 50.1 Å². The van der Waals surface area contributed by atoms with Crippen LogP contribution in [-0.2, 0) is 6.42 Å². The lowest BCUT2D eigenvalue weighted by Crippen LogP contribution is -2.11. The zero-order valence-electron chi connectivity index (χ0n) is 10.9. The number of aryl methyl sites for hydroxylation is 1. The predicted octanol–water partition coefficient (Wildman–Crippen LogP) is 4.87. The van der Waals surface area contributed by atoms with Crippen LogP contribution in [0.25, 0.3) is 0 Å². The first-order chi connectivity index (χ1) is 9.69. The van der Waals surface area contributed by atoms with Crippen molar-refractivity contribution in [3.8, 4) is 0 Å². The van der Waals surface area contributed by atoms with E-state index in [1.54, 1.807) is 0 Å². The van der Waals surface area contributed by atoms with Gasteiger partial charge in [0.2, 0.25) is 0 Å². The summed E-state index contributed by atoms with van der Waals surface area (Å²) >= 11 is 5.66. The monoisotopic (exact) mass is 443 g/mol. The summed E-state index contributed by atoms with van der Waals surface area (Å²) in [7, 11) is 0. The summed E-state index contributed by atoms with van der Waals surface area (Å²) in [4.78, 5) is 12.1. The zero-order valence-corrected chi connectivity index (χ0v) is 14.6. The Hall–Kier alpha value is -0.880. The van der Waals surface area contributed by atoms with Crippen molar-refractivity contribution in [2.45, 2.75) is 12.8 Å². The van der Waals surface area contributed by atoms with Crippen molar-refractivity contribution < 1.29 is 4.79 Å². The summed E-state index contributed by atoms with van der Waals surface area (Å²) < 4.78 is 1.12. The molecule has 2 aromatic rings. The molecule has 0 saturated heterocycles. The highest BCUT2D eigenvalue weighted by atomic mass is 127. The molecule has 1 amide bonds. The second-order valence-electron chi connectivity index (χ2n) is 4.45. The van der Waals surface area contributed by atoms with Gasteiger partial charge in [0.05, 0.1) is 0 Å². The first-order valence-electron chi connectivity index (χ1n) is 6.41. The molecule has 0 heterocycles. The van der Waals surface area contributed by atoms with Crippen molar-refractivity contribution in [2.24, 2.45) is 0 Å². The van der Waals surface area contributed by atoms with Crippen LogP contribution in [0.5, 0.6) is 0 Å². The molecular weight excluding hydrogens is 429 g/mol. The van der Waals surface area contributed by atoms with E-state index >= 15 is 0 Å². The Kier molecular flexibility index (Phi) is 6.04. The maximum atomic E-state index is 12.1. The number of nitrogens with one attached hydrogen (secondary N) is 1. The number of rotatable bonds is 5. The number of carbonyl (C=O) groups excluding carboxylic acids is 1. The van der Waals surface area contributed by atoms with Gasteiger partial charge >= 0.3 is 0 Å². The molecule has 2 rings (SSSR count). The van der Waals surface area contributed by atoms with Crippen molar-refractivity contribution in [3.05, 3.63) is 63.2 Å². The van der Waals surface area contributed by atoms with Crippen LogP contribution in [0.2, 0.25) is 0 Å². The van der Waals surface area contributed by atoms with Gasteiger partial charge in [-0.05, 0) is 77.4 Å². The first kappa shape index (κ1) is 15.5. The third-order valence-electron chi connectivity index (χ3n) is 2.89.